The lowest BCUT2D eigenvalue weighted by Crippen LogP contribution is -2.30. The van der Waals surface area contributed by atoms with E-state index in [0.29, 0.717) is 29.9 Å². The number of nitrogens with one attached hydrogen (secondary N) is 2. The largest absolute Gasteiger partial charge is 0.448 e. The number of fused-ring (bicyclic) bond motifs is 1. The molecule has 1 aliphatic rings. The highest BCUT2D eigenvalue weighted by atomic mass is 16.3. The summed E-state index contributed by atoms with van der Waals surface area (Å²) in [7, 11) is 0. The van der Waals surface area contributed by atoms with Gasteiger partial charge in [-0.3, -0.25) is 14.4 Å². The van der Waals surface area contributed by atoms with Crippen LogP contribution in [-0.2, 0) is 4.79 Å². The third-order valence-electron chi connectivity index (χ3n) is 4.47. The van der Waals surface area contributed by atoms with E-state index in [1.165, 1.54) is 25.3 Å². The molecule has 0 aliphatic heterocycles. The van der Waals surface area contributed by atoms with Crippen LogP contribution < -0.4 is 16.1 Å². The Hall–Kier alpha value is -2.63. The lowest BCUT2D eigenvalue weighted by molar-refractivity contribution is -0.105. The number of carbonyl (C=O) groups is 2. The van der Waals surface area contributed by atoms with Gasteiger partial charge < -0.3 is 15.1 Å². The molecule has 0 atom stereocenters. The van der Waals surface area contributed by atoms with Crippen molar-refractivity contribution >= 4 is 29.0 Å². The normalized spacial score (nSPS) is 15.2. The molecular formula is C18H20N2O4. The van der Waals surface area contributed by atoms with Crippen LogP contribution in [0.1, 0.15) is 42.7 Å². The van der Waals surface area contributed by atoms with Gasteiger partial charge in [0, 0.05) is 12.6 Å². The third kappa shape index (κ3) is 3.48. The van der Waals surface area contributed by atoms with Crippen molar-refractivity contribution in [3.8, 4) is 0 Å². The molecule has 1 aromatic heterocycles. The summed E-state index contributed by atoms with van der Waals surface area (Å²) in [5.74, 6) is 0.0473. The molecule has 1 aromatic carbocycles. The van der Waals surface area contributed by atoms with Gasteiger partial charge in [-0.15, -0.1) is 0 Å². The highest BCUT2D eigenvalue weighted by Gasteiger charge is 2.17. The van der Waals surface area contributed by atoms with Crippen molar-refractivity contribution in [2.24, 2.45) is 5.92 Å². The van der Waals surface area contributed by atoms with Crippen LogP contribution in [0.25, 0.3) is 11.0 Å². The summed E-state index contributed by atoms with van der Waals surface area (Å²) in [4.78, 5) is 35.2. The number of para-hydroxylation sites is 1. The van der Waals surface area contributed by atoms with Crippen molar-refractivity contribution in [1.29, 1.82) is 0 Å². The fourth-order valence-corrected chi connectivity index (χ4v) is 3.18. The molecule has 3 rings (SSSR count). The van der Waals surface area contributed by atoms with Crippen LogP contribution >= 0.6 is 0 Å². The minimum Gasteiger partial charge on any atom is -0.448 e. The summed E-state index contributed by atoms with van der Waals surface area (Å²) in [5, 5.41) is 5.66. The summed E-state index contributed by atoms with van der Waals surface area (Å²) in [6, 6.07) is 6.06. The Kier molecular flexibility index (Phi) is 4.93. The molecule has 1 fully saturated rings. The minimum atomic E-state index is -0.402. The average molecular weight is 328 g/mol. The Labute approximate surface area is 139 Å². The van der Waals surface area contributed by atoms with Crippen LogP contribution in [0.2, 0.25) is 0 Å². The van der Waals surface area contributed by atoms with Gasteiger partial charge in [0.1, 0.15) is 0 Å². The number of anilines is 1. The molecule has 2 aromatic rings. The van der Waals surface area contributed by atoms with Crippen LogP contribution in [0.3, 0.4) is 0 Å². The second-order valence-electron chi connectivity index (χ2n) is 6.13. The van der Waals surface area contributed by atoms with Gasteiger partial charge in [0.05, 0.1) is 11.1 Å². The van der Waals surface area contributed by atoms with Crippen molar-refractivity contribution in [3.05, 3.63) is 40.2 Å². The minimum absolute atomic E-state index is 0.0385. The van der Waals surface area contributed by atoms with E-state index in [2.05, 4.69) is 10.6 Å². The molecule has 2 N–H and O–H groups in total. The van der Waals surface area contributed by atoms with Gasteiger partial charge in [0.25, 0.3) is 5.91 Å². The fourth-order valence-electron chi connectivity index (χ4n) is 3.18. The van der Waals surface area contributed by atoms with Gasteiger partial charge in [-0.05, 0) is 30.9 Å². The van der Waals surface area contributed by atoms with Crippen molar-refractivity contribution in [2.75, 3.05) is 11.9 Å². The Morgan fingerprint density at radius 1 is 1.25 bits per heavy atom. The second-order valence-corrected chi connectivity index (χ2v) is 6.13. The zero-order valence-corrected chi connectivity index (χ0v) is 13.3. The van der Waals surface area contributed by atoms with E-state index in [1.54, 1.807) is 18.2 Å². The quantitative estimate of drug-likeness (QED) is 0.826. The smallest absolute Gasteiger partial charge is 0.287 e. The third-order valence-corrected chi connectivity index (χ3v) is 4.47. The zero-order valence-electron chi connectivity index (χ0n) is 13.3. The number of benzene rings is 1. The standard InChI is InChI=1S/C18H20N2O4/c21-11-20-14-8-4-7-13-15(22)9-16(24-17(13)14)18(23)19-10-12-5-2-1-3-6-12/h4,7-9,11-12H,1-3,5-6,10H2,(H,19,23)(H,20,21). The SMILES string of the molecule is O=CNc1cccc2c(=O)cc(C(=O)NCC3CCCCC3)oc12. The van der Waals surface area contributed by atoms with Gasteiger partial charge in [0.15, 0.2) is 16.8 Å². The Bertz CT molecular complexity index is 806. The summed E-state index contributed by atoms with van der Waals surface area (Å²) in [5.41, 5.74) is 0.259. The molecule has 6 nitrogen and oxygen atoms in total. The Morgan fingerprint density at radius 2 is 2.04 bits per heavy atom. The number of rotatable bonds is 5. The van der Waals surface area contributed by atoms with Crippen LogP contribution in [0.15, 0.2) is 33.5 Å². The maximum atomic E-state index is 12.3. The first-order valence-corrected chi connectivity index (χ1v) is 8.24. The molecule has 1 saturated carbocycles. The summed E-state index contributed by atoms with van der Waals surface area (Å²) >= 11 is 0. The molecule has 6 heteroatoms. The molecule has 0 bridgehead atoms. The zero-order chi connectivity index (χ0) is 16.9. The van der Waals surface area contributed by atoms with Gasteiger partial charge in [-0.2, -0.15) is 0 Å². The highest BCUT2D eigenvalue weighted by molar-refractivity contribution is 5.97. The Balaban J connectivity index is 1.83. The van der Waals surface area contributed by atoms with Gasteiger partial charge in [0.2, 0.25) is 6.41 Å². The van der Waals surface area contributed by atoms with Crippen LogP contribution in [-0.4, -0.2) is 18.9 Å². The molecule has 24 heavy (non-hydrogen) atoms. The lowest BCUT2D eigenvalue weighted by atomic mass is 9.89. The van der Waals surface area contributed by atoms with Crippen LogP contribution in [0, 0.1) is 5.92 Å². The second kappa shape index (κ2) is 7.29. The first kappa shape index (κ1) is 16.2. The fraction of sp³-hybridized carbons (Fsp3) is 0.389. The first-order chi connectivity index (χ1) is 11.7. The molecule has 0 unspecified atom stereocenters. The number of amides is 2. The maximum absolute atomic E-state index is 12.3. The summed E-state index contributed by atoms with van der Waals surface area (Å²) in [6.45, 7) is 0.592. The molecule has 1 aliphatic carbocycles. The van der Waals surface area contributed by atoms with Crippen molar-refractivity contribution < 1.29 is 14.0 Å². The predicted octanol–water partition coefficient (Wildman–Crippen LogP) is 2.67. The summed E-state index contributed by atoms with van der Waals surface area (Å²) in [6.07, 6.45) is 6.41. The van der Waals surface area contributed by atoms with Gasteiger partial charge in [-0.25, -0.2) is 0 Å². The number of hydrogen-bond acceptors (Lipinski definition) is 4. The predicted molar refractivity (Wildman–Crippen MR) is 91.1 cm³/mol. The highest BCUT2D eigenvalue weighted by Crippen LogP contribution is 2.24. The van der Waals surface area contributed by atoms with Crippen molar-refractivity contribution in [1.82, 2.24) is 5.32 Å². The van der Waals surface area contributed by atoms with Gasteiger partial charge >= 0.3 is 0 Å². The van der Waals surface area contributed by atoms with E-state index in [0.717, 1.165) is 12.8 Å². The van der Waals surface area contributed by atoms with E-state index < -0.39 is 5.91 Å². The van der Waals surface area contributed by atoms with Gasteiger partial charge in [-0.1, -0.05) is 25.3 Å². The monoisotopic (exact) mass is 328 g/mol. The van der Waals surface area contributed by atoms with E-state index in [4.69, 9.17) is 4.42 Å². The van der Waals surface area contributed by atoms with E-state index in [9.17, 15) is 14.4 Å². The summed E-state index contributed by atoms with van der Waals surface area (Å²) < 4.78 is 5.59. The molecule has 126 valence electrons. The lowest BCUT2D eigenvalue weighted by Gasteiger charge is -2.21. The molecule has 1 heterocycles. The first-order valence-electron chi connectivity index (χ1n) is 8.24. The average Bonchev–Trinajstić information content (AvgIpc) is 2.61. The van der Waals surface area contributed by atoms with Crippen LogP contribution in [0.5, 0.6) is 0 Å². The van der Waals surface area contributed by atoms with Crippen molar-refractivity contribution in [2.45, 2.75) is 32.1 Å². The molecule has 0 saturated heterocycles. The molecule has 0 radical (unpaired) electrons. The van der Waals surface area contributed by atoms with E-state index >= 15 is 0 Å². The Morgan fingerprint density at radius 3 is 2.79 bits per heavy atom. The maximum Gasteiger partial charge on any atom is 0.287 e. The number of hydrogen-bond donors (Lipinski definition) is 2. The molecular weight excluding hydrogens is 308 g/mol. The number of carbonyl (C=O) groups excluding carboxylic acids is 2. The van der Waals surface area contributed by atoms with E-state index in [1.807, 2.05) is 0 Å². The van der Waals surface area contributed by atoms with Crippen LogP contribution in [0.4, 0.5) is 5.69 Å². The van der Waals surface area contributed by atoms with E-state index in [-0.39, 0.29) is 16.8 Å². The van der Waals surface area contributed by atoms with Crippen molar-refractivity contribution in [3.63, 3.8) is 0 Å². The molecule has 2 amide bonds. The molecule has 0 spiro atoms. The topological polar surface area (TPSA) is 88.4 Å².